The summed E-state index contributed by atoms with van der Waals surface area (Å²) in [6, 6.07) is 3.88. The first-order valence-electron chi connectivity index (χ1n) is 6.79. The van der Waals surface area contributed by atoms with Crippen molar-refractivity contribution in [2.24, 2.45) is 0 Å². The zero-order valence-electron chi connectivity index (χ0n) is 11.5. The van der Waals surface area contributed by atoms with Crippen LogP contribution in [0.25, 0.3) is 6.08 Å². The van der Waals surface area contributed by atoms with Gasteiger partial charge in [-0.15, -0.1) is 0 Å². The van der Waals surface area contributed by atoms with Crippen molar-refractivity contribution in [1.82, 2.24) is 4.90 Å². The average molecular weight is 263 g/mol. The van der Waals surface area contributed by atoms with Crippen molar-refractivity contribution in [1.29, 1.82) is 0 Å². The number of amides is 1. The van der Waals surface area contributed by atoms with Crippen molar-refractivity contribution in [2.75, 3.05) is 6.54 Å². The minimum atomic E-state index is -0.366. The fourth-order valence-electron chi connectivity index (χ4n) is 2.56. The van der Waals surface area contributed by atoms with Gasteiger partial charge >= 0.3 is 0 Å². The van der Waals surface area contributed by atoms with Gasteiger partial charge in [-0.3, -0.25) is 4.79 Å². The summed E-state index contributed by atoms with van der Waals surface area (Å²) in [6.07, 6.45) is 5.53. The van der Waals surface area contributed by atoms with E-state index in [1.807, 2.05) is 24.0 Å². The molecule has 1 aromatic heterocycles. The summed E-state index contributed by atoms with van der Waals surface area (Å²) in [5.41, 5.74) is 0. The fraction of sp³-hybridized carbons (Fsp3) is 0.533. The van der Waals surface area contributed by atoms with Crippen molar-refractivity contribution in [3.8, 4) is 0 Å². The number of rotatable bonds is 4. The molecule has 104 valence electrons. The molecule has 2 atom stereocenters. The first-order valence-corrected chi connectivity index (χ1v) is 6.79. The van der Waals surface area contributed by atoms with E-state index in [-0.39, 0.29) is 18.1 Å². The Morgan fingerprint density at radius 3 is 3.05 bits per heavy atom. The Bertz CT molecular complexity index is 462. The lowest BCUT2D eigenvalue weighted by Crippen LogP contribution is -2.36. The summed E-state index contributed by atoms with van der Waals surface area (Å²) in [6.45, 7) is 4.42. The molecule has 1 aliphatic heterocycles. The predicted molar refractivity (Wildman–Crippen MR) is 73.5 cm³/mol. The van der Waals surface area contributed by atoms with E-state index in [0.717, 1.165) is 25.1 Å². The normalized spacial score (nSPS) is 21.2. The summed E-state index contributed by atoms with van der Waals surface area (Å²) >= 11 is 0. The first kappa shape index (κ1) is 13.9. The largest absolute Gasteiger partial charge is 0.462 e. The van der Waals surface area contributed by atoms with E-state index < -0.39 is 0 Å². The molecule has 1 aliphatic rings. The van der Waals surface area contributed by atoms with Crippen molar-refractivity contribution < 1.29 is 14.3 Å². The molecular weight excluding hydrogens is 242 g/mol. The summed E-state index contributed by atoms with van der Waals surface area (Å²) in [5.74, 6) is 1.52. The number of furan rings is 1. The van der Waals surface area contributed by atoms with Crippen LogP contribution >= 0.6 is 0 Å². The van der Waals surface area contributed by atoms with Crippen LogP contribution in [-0.4, -0.2) is 34.6 Å². The van der Waals surface area contributed by atoms with E-state index in [9.17, 15) is 9.90 Å². The Balaban J connectivity index is 1.97. The van der Waals surface area contributed by atoms with Crippen LogP contribution in [0.2, 0.25) is 0 Å². The zero-order chi connectivity index (χ0) is 13.8. The lowest BCUT2D eigenvalue weighted by molar-refractivity contribution is -0.127. The predicted octanol–water partition coefficient (Wildman–Crippen LogP) is 2.36. The Morgan fingerprint density at radius 2 is 2.42 bits per heavy atom. The number of aliphatic hydroxyl groups is 1. The molecule has 0 bridgehead atoms. The molecule has 2 heterocycles. The van der Waals surface area contributed by atoms with Crippen molar-refractivity contribution in [3.63, 3.8) is 0 Å². The number of aliphatic hydroxyl groups excluding tert-OH is 1. The Morgan fingerprint density at radius 1 is 1.63 bits per heavy atom. The molecule has 1 fully saturated rings. The van der Waals surface area contributed by atoms with Crippen LogP contribution in [0, 0.1) is 6.92 Å². The van der Waals surface area contributed by atoms with Crippen LogP contribution in [-0.2, 0) is 4.79 Å². The third kappa shape index (κ3) is 3.70. The second kappa shape index (κ2) is 6.06. The van der Waals surface area contributed by atoms with Gasteiger partial charge in [0.15, 0.2) is 0 Å². The smallest absolute Gasteiger partial charge is 0.246 e. The summed E-state index contributed by atoms with van der Waals surface area (Å²) in [5, 5.41) is 9.45. The number of carbonyl (C=O) groups excluding carboxylic acids is 1. The minimum absolute atomic E-state index is 0.00259. The molecule has 1 amide bonds. The highest BCUT2D eigenvalue weighted by Crippen LogP contribution is 2.22. The summed E-state index contributed by atoms with van der Waals surface area (Å²) in [7, 11) is 0. The number of aryl methyl sites for hydroxylation is 1. The maximum Gasteiger partial charge on any atom is 0.246 e. The molecule has 4 heteroatoms. The van der Waals surface area contributed by atoms with E-state index in [0.29, 0.717) is 12.2 Å². The molecule has 19 heavy (non-hydrogen) atoms. The topological polar surface area (TPSA) is 53.7 Å². The van der Waals surface area contributed by atoms with Gasteiger partial charge in [-0.1, -0.05) is 0 Å². The Hall–Kier alpha value is -1.55. The molecule has 0 spiro atoms. The van der Waals surface area contributed by atoms with Crippen LogP contribution in [0.3, 0.4) is 0 Å². The van der Waals surface area contributed by atoms with Gasteiger partial charge in [-0.25, -0.2) is 0 Å². The minimum Gasteiger partial charge on any atom is -0.462 e. The number of hydrogen-bond donors (Lipinski definition) is 1. The van der Waals surface area contributed by atoms with Gasteiger partial charge in [0.2, 0.25) is 5.91 Å². The second-order valence-electron chi connectivity index (χ2n) is 5.19. The van der Waals surface area contributed by atoms with E-state index in [1.54, 1.807) is 19.1 Å². The molecule has 4 nitrogen and oxygen atoms in total. The monoisotopic (exact) mass is 263 g/mol. The number of carbonyl (C=O) groups is 1. The molecule has 1 saturated heterocycles. The van der Waals surface area contributed by atoms with Crippen molar-refractivity contribution in [2.45, 2.75) is 45.3 Å². The Labute approximate surface area is 113 Å². The van der Waals surface area contributed by atoms with Gasteiger partial charge in [0.05, 0.1) is 6.10 Å². The molecule has 1 N–H and O–H groups in total. The van der Waals surface area contributed by atoms with Gasteiger partial charge < -0.3 is 14.4 Å². The third-order valence-electron chi connectivity index (χ3n) is 3.42. The summed E-state index contributed by atoms with van der Waals surface area (Å²) < 4.78 is 5.39. The average Bonchev–Trinajstić information content (AvgIpc) is 2.94. The molecule has 2 unspecified atom stereocenters. The Kier molecular flexibility index (Phi) is 4.43. The van der Waals surface area contributed by atoms with Gasteiger partial charge in [-0.2, -0.15) is 0 Å². The van der Waals surface area contributed by atoms with E-state index >= 15 is 0 Å². The van der Waals surface area contributed by atoms with Gasteiger partial charge in [0, 0.05) is 18.7 Å². The lowest BCUT2D eigenvalue weighted by atomic mass is 10.1. The molecule has 1 aromatic rings. The molecule has 0 aromatic carbocycles. The second-order valence-corrected chi connectivity index (χ2v) is 5.19. The van der Waals surface area contributed by atoms with E-state index in [1.165, 1.54) is 0 Å². The standard InChI is InChI=1S/C15H21NO3/c1-11(17)10-13-4-3-9-16(13)15(18)8-7-14-6-5-12(2)19-14/h5-8,11,13,17H,3-4,9-10H2,1-2H3/b8-7+. The lowest BCUT2D eigenvalue weighted by Gasteiger charge is -2.24. The highest BCUT2D eigenvalue weighted by atomic mass is 16.3. The summed E-state index contributed by atoms with van der Waals surface area (Å²) in [4.78, 5) is 14.0. The van der Waals surface area contributed by atoms with Gasteiger partial charge in [0.25, 0.3) is 0 Å². The number of likely N-dealkylation sites (tertiary alicyclic amines) is 1. The maximum absolute atomic E-state index is 12.1. The SMILES string of the molecule is Cc1ccc(/C=C/C(=O)N2CCCC2CC(C)O)o1. The molecule has 2 rings (SSSR count). The van der Waals surface area contributed by atoms with Crippen LogP contribution < -0.4 is 0 Å². The van der Waals surface area contributed by atoms with Gasteiger partial charge in [-0.05, 0) is 51.3 Å². The van der Waals surface area contributed by atoms with E-state index in [2.05, 4.69) is 0 Å². The molecule has 0 radical (unpaired) electrons. The van der Waals surface area contributed by atoms with Crippen molar-refractivity contribution >= 4 is 12.0 Å². The number of hydrogen-bond acceptors (Lipinski definition) is 3. The molecular formula is C15H21NO3. The molecule has 0 saturated carbocycles. The van der Waals surface area contributed by atoms with Crippen LogP contribution in [0.5, 0.6) is 0 Å². The zero-order valence-corrected chi connectivity index (χ0v) is 11.5. The van der Waals surface area contributed by atoms with Gasteiger partial charge in [0.1, 0.15) is 11.5 Å². The maximum atomic E-state index is 12.1. The van der Waals surface area contributed by atoms with Crippen LogP contribution in [0.4, 0.5) is 0 Å². The quantitative estimate of drug-likeness (QED) is 0.848. The molecule has 0 aliphatic carbocycles. The highest BCUT2D eigenvalue weighted by Gasteiger charge is 2.28. The van der Waals surface area contributed by atoms with Crippen LogP contribution in [0.1, 0.15) is 37.7 Å². The first-order chi connectivity index (χ1) is 9.06. The third-order valence-corrected chi connectivity index (χ3v) is 3.42. The van der Waals surface area contributed by atoms with E-state index in [4.69, 9.17) is 4.42 Å². The van der Waals surface area contributed by atoms with Crippen molar-refractivity contribution in [3.05, 3.63) is 29.7 Å². The highest BCUT2D eigenvalue weighted by molar-refractivity contribution is 5.91. The van der Waals surface area contributed by atoms with Crippen LogP contribution in [0.15, 0.2) is 22.6 Å². The number of nitrogens with zero attached hydrogens (tertiary/aromatic N) is 1. The fourth-order valence-corrected chi connectivity index (χ4v) is 2.56.